The van der Waals surface area contributed by atoms with Gasteiger partial charge in [0.1, 0.15) is 5.75 Å². The van der Waals surface area contributed by atoms with Gasteiger partial charge in [-0.2, -0.15) is 0 Å². The molecule has 0 aliphatic heterocycles. The summed E-state index contributed by atoms with van der Waals surface area (Å²) in [6, 6.07) is 11.3. The number of carbonyl (C=O) groups is 3. The Bertz CT molecular complexity index is 869. The molecule has 2 aromatic rings. The van der Waals surface area contributed by atoms with E-state index < -0.39 is 12.0 Å². The molecule has 0 atom stereocenters. The second-order valence-corrected chi connectivity index (χ2v) is 5.82. The highest BCUT2D eigenvalue weighted by molar-refractivity contribution is 6.31. The SMILES string of the molecule is C=Cc1cccc(NC(=O)c2cc(Cl)ccc2OC(=O)N(C)COC=O)c1. The van der Waals surface area contributed by atoms with Gasteiger partial charge in [0.25, 0.3) is 12.4 Å². The van der Waals surface area contributed by atoms with Crippen molar-refractivity contribution in [1.82, 2.24) is 4.90 Å². The first-order chi connectivity index (χ1) is 12.9. The lowest BCUT2D eigenvalue weighted by Gasteiger charge is -2.17. The lowest BCUT2D eigenvalue weighted by atomic mass is 10.1. The maximum Gasteiger partial charge on any atom is 0.417 e. The highest BCUT2D eigenvalue weighted by Crippen LogP contribution is 2.25. The van der Waals surface area contributed by atoms with E-state index in [1.165, 1.54) is 25.2 Å². The van der Waals surface area contributed by atoms with Gasteiger partial charge in [-0.25, -0.2) is 4.79 Å². The Kier molecular flexibility index (Phi) is 6.96. The molecule has 0 aliphatic carbocycles. The molecule has 8 heteroatoms. The quantitative estimate of drug-likeness (QED) is 0.576. The van der Waals surface area contributed by atoms with Crippen molar-refractivity contribution in [3.63, 3.8) is 0 Å². The van der Waals surface area contributed by atoms with E-state index in [4.69, 9.17) is 16.3 Å². The van der Waals surface area contributed by atoms with Crippen molar-refractivity contribution >= 4 is 41.8 Å². The molecule has 0 aromatic heterocycles. The van der Waals surface area contributed by atoms with Crippen molar-refractivity contribution in [2.75, 3.05) is 19.1 Å². The van der Waals surface area contributed by atoms with Crippen molar-refractivity contribution in [3.05, 3.63) is 65.2 Å². The summed E-state index contributed by atoms with van der Waals surface area (Å²) in [7, 11) is 1.38. The van der Waals surface area contributed by atoms with E-state index in [2.05, 4.69) is 16.6 Å². The summed E-state index contributed by atoms with van der Waals surface area (Å²) in [5, 5.41) is 3.02. The van der Waals surface area contributed by atoms with Gasteiger partial charge in [0.15, 0.2) is 6.73 Å². The van der Waals surface area contributed by atoms with Gasteiger partial charge in [0, 0.05) is 17.8 Å². The number of hydrogen-bond acceptors (Lipinski definition) is 5. The number of halogens is 1. The average Bonchev–Trinajstić information content (AvgIpc) is 2.67. The van der Waals surface area contributed by atoms with E-state index in [0.29, 0.717) is 10.7 Å². The van der Waals surface area contributed by atoms with Gasteiger partial charge in [-0.05, 0) is 35.9 Å². The van der Waals surface area contributed by atoms with Crippen LogP contribution in [0.2, 0.25) is 5.02 Å². The molecule has 2 aromatic carbocycles. The van der Waals surface area contributed by atoms with Gasteiger partial charge in [0.05, 0.1) is 5.56 Å². The molecular weight excluding hydrogens is 372 g/mol. The standard InChI is InChI=1S/C19H17ClN2O5/c1-3-13-5-4-6-15(9-13)21-18(24)16-10-14(20)7-8-17(16)27-19(25)22(2)11-26-12-23/h3-10,12H,1,11H2,2H3,(H,21,24). The fraction of sp³-hybridized carbons (Fsp3) is 0.105. The Morgan fingerprint density at radius 3 is 2.74 bits per heavy atom. The van der Waals surface area contributed by atoms with Gasteiger partial charge in [-0.3, -0.25) is 14.5 Å². The number of carbonyl (C=O) groups excluding carboxylic acids is 3. The maximum atomic E-state index is 12.6. The highest BCUT2D eigenvalue weighted by atomic mass is 35.5. The van der Waals surface area contributed by atoms with Gasteiger partial charge in [-0.15, -0.1) is 0 Å². The second-order valence-electron chi connectivity index (χ2n) is 5.38. The Morgan fingerprint density at radius 2 is 2.04 bits per heavy atom. The molecule has 0 fully saturated rings. The summed E-state index contributed by atoms with van der Waals surface area (Å²) in [5.41, 5.74) is 1.46. The summed E-state index contributed by atoms with van der Waals surface area (Å²) in [5.74, 6) is -0.493. The van der Waals surface area contributed by atoms with Gasteiger partial charge in [-0.1, -0.05) is 36.4 Å². The zero-order valence-corrected chi connectivity index (χ0v) is 15.2. The Morgan fingerprint density at radius 1 is 1.26 bits per heavy atom. The number of nitrogens with zero attached hydrogens (tertiary/aromatic N) is 1. The fourth-order valence-corrected chi connectivity index (χ4v) is 2.25. The Hall–Kier alpha value is -3.32. The van der Waals surface area contributed by atoms with Crippen LogP contribution in [0.5, 0.6) is 5.75 Å². The summed E-state index contributed by atoms with van der Waals surface area (Å²) >= 11 is 5.98. The molecule has 0 aliphatic rings. The smallest absolute Gasteiger partial charge is 0.417 e. The van der Waals surface area contributed by atoms with Crippen LogP contribution in [-0.2, 0) is 9.53 Å². The highest BCUT2D eigenvalue weighted by Gasteiger charge is 2.19. The minimum absolute atomic E-state index is 0.0136. The number of anilines is 1. The third-order valence-electron chi connectivity index (χ3n) is 3.41. The van der Waals surface area contributed by atoms with Crippen molar-refractivity contribution in [2.45, 2.75) is 0 Å². The summed E-state index contributed by atoms with van der Waals surface area (Å²) < 4.78 is 9.71. The minimum atomic E-state index is -0.804. The molecule has 27 heavy (non-hydrogen) atoms. The van der Waals surface area contributed by atoms with Crippen molar-refractivity contribution < 1.29 is 23.9 Å². The molecule has 0 saturated heterocycles. The Labute approximate surface area is 161 Å². The molecule has 0 heterocycles. The van der Waals surface area contributed by atoms with Gasteiger partial charge in [0.2, 0.25) is 0 Å². The molecule has 7 nitrogen and oxygen atoms in total. The predicted molar refractivity (Wildman–Crippen MR) is 102 cm³/mol. The number of hydrogen-bond donors (Lipinski definition) is 1. The molecule has 0 radical (unpaired) electrons. The lowest BCUT2D eigenvalue weighted by molar-refractivity contribution is -0.131. The summed E-state index contributed by atoms with van der Waals surface area (Å²) in [6.07, 6.45) is 0.848. The van der Waals surface area contributed by atoms with Crippen LogP contribution in [0.4, 0.5) is 10.5 Å². The van der Waals surface area contributed by atoms with Crippen LogP contribution in [-0.4, -0.2) is 37.2 Å². The first-order valence-electron chi connectivity index (χ1n) is 7.76. The maximum absolute atomic E-state index is 12.6. The van der Waals surface area contributed by atoms with Crippen molar-refractivity contribution in [1.29, 1.82) is 0 Å². The molecule has 2 rings (SSSR count). The fourth-order valence-electron chi connectivity index (χ4n) is 2.08. The molecule has 0 spiro atoms. The molecule has 0 bridgehead atoms. The summed E-state index contributed by atoms with van der Waals surface area (Å²) in [6.45, 7) is 3.61. The van der Waals surface area contributed by atoms with Crippen LogP contribution in [0.3, 0.4) is 0 Å². The van der Waals surface area contributed by atoms with Crippen LogP contribution in [0.1, 0.15) is 15.9 Å². The predicted octanol–water partition coefficient (Wildman–Crippen LogP) is 3.80. The van der Waals surface area contributed by atoms with Crippen LogP contribution >= 0.6 is 11.6 Å². The van der Waals surface area contributed by atoms with E-state index >= 15 is 0 Å². The van der Waals surface area contributed by atoms with E-state index in [1.54, 1.807) is 24.3 Å². The number of benzene rings is 2. The molecule has 140 valence electrons. The first-order valence-corrected chi connectivity index (χ1v) is 8.14. The molecule has 0 saturated carbocycles. The number of nitrogens with one attached hydrogen (secondary N) is 1. The monoisotopic (exact) mass is 388 g/mol. The van der Waals surface area contributed by atoms with Crippen LogP contribution in [0.25, 0.3) is 6.08 Å². The van der Waals surface area contributed by atoms with Gasteiger partial charge >= 0.3 is 6.09 Å². The normalized spacial score (nSPS) is 9.85. The number of ether oxygens (including phenoxy) is 2. The third kappa shape index (κ3) is 5.58. The number of rotatable bonds is 7. The first kappa shape index (κ1) is 20.0. The van der Waals surface area contributed by atoms with E-state index in [-0.39, 0.29) is 24.5 Å². The molecule has 2 amide bonds. The van der Waals surface area contributed by atoms with E-state index in [1.807, 2.05) is 6.07 Å². The van der Waals surface area contributed by atoms with Crippen LogP contribution < -0.4 is 10.1 Å². The van der Waals surface area contributed by atoms with Gasteiger partial charge < -0.3 is 14.8 Å². The lowest BCUT2D eigenvalue weighted by Crippen LogP contribution is -2.32. The average molecular weight is 389 g/mol. The molecule has 0 unspecified atom stereocenters. The molecule has 1 N–H and O–H groups in total. The van der Waals surface area contributed by atoms with E-state index in [9.17, 15) is 14.4 Å². The third-order valence-corrected chi connectivity index (χ3v) is 3.65. The van der Waals surface area contributed by atoms with E-state index in [0.717, 1.165) is 10.5 Å². The number of amides is 2. The summed E-state index contributed by atoms with van der Waals surface area (Å²) in [4.78, 5) is 35.9. The zero-order valence-electron chi connectivity index (χ0n) is 14.5. The topological polar surface area (TPSA) is 84.9 Å². The second kappa shape index (κ2) is 9.40. The van der Waals surface area contributed by atoms with Crippen molar-refractivity contribution in [3.8, 4) is 5.75 Å². The molecular formula is C19H17ClN2O5. The van der Waals surface area contributed by atoms with Crippen LogP contribution in [0.15, 0.2) is 49.0 Å². The minimum Gasteiger partial charge on any atom is -0.446 e. The zero-order chi connectivity index (χ0) is 19.8. The largest absolute Gasteiger partial charge is 0.446 e. The van der Waals surface area contributed by atoms with Crippen LogP contribution in [0, 0.1) is 0 Å². The Balaban J connectivity index is 2.21. The van der Waals surface area contributed by atoms with Crippen molar-refractivity contribution in [2.24, 2.45) is 0 Å².